The highest BCUT2D eigenvalue weighted by Crippen LogP contribution is 2.39. The fraction of sp³-hybridized carbons (Fsp3) is 0.136. The van der Waals surface area contributed by atoms with E-state index in [1.54, 1.807) is 36.4 Å². The number of benzene rings is 2. The number of carbonyl (C=O) groups excluding carboxylic acids is 3. The number of ether oxygens (including phenoxy) is 2. The summed E-state index contributed by atoms with van der Waals surface area (Å²) < 4.78 is 12.3. The number of amides is 3. The minimum Gasteiger partial charge on any atom is -0.493 e. The van der Waals surface area contributed by atoms with Gasteiger partial charge in [-0.15, -0.1) is 6.42 Å². The number of carbonyl (C=O) groups is 3. The number of nitrogens with zero attached hydrogens (tertiary/aromatic N) is 1. The summed E-state index contributed by atoms with van der Waals surface area (Å²) >= 11 is 7.46. The first-order chi connectivity index (χ1) is 15.3. The first-order valence-electron chi connectivity index (χ1n) is 9.07. The van der Waals surface area contributed by atoms with Crippen LogP contribution in [0.3, 0.4) is 0 Å². The number of methoxy groups -OCH3 is 1. The van der Waals surface area contributed by atoms with Gasteiger partial charge in [0.2, 0.25) is 5.91 Å². The molecule has 164 valence electrons. The topological polar surface area (TPSA) is 84.9 Å². The zero-order chi connectivity index (χ0) is 23.3. The van der Waals surface area contributed by atoms with Crippen LogP contribution in [0.25, 0.3) is 6.08 Å². The lowest BCUT2D eigenvalue weighted by Gasteiger charge is -2.14. The second-order valence-electron chi connectivity index (χ2n) is 6.32. The Kier molecular flexibility index (Phi) is 8.01. The van der Waals surface area contributed by atoms with E-state index in [2.05, 4.69) is 43.1 Å². The van der Waals surface area contributed by atoms with E-state index < -0.39 is 23.6 Å². The van der Waals surface area contributed by atoms with Crippen molar-refractivity contribution in [2.24, 2.45) is 0 Å². The highest BCUT2D eigenvalue weighted by Gasteiger charge is 2.36. The minimum atomic E-state index is -0.580. The number of rotatable bonds is 7. The molecule has 1 aliphatic rings. The monoisotopic (exact) mass is 578 g/mol. The molecule has 1 saturated heterocycles. The largest absolute Gasteiger partial charge is 0.493 e. The van der Waals surface area contributed by atoms with E-state index in [-0.39, 0.29) is 11.5 Å². The molecular formula is C22H16Br2N2O5S. The summed E-state index contributed by atoms with van der Waals surface area (Å²) in [6, 6.07) is 10.4. The summed E-state index contributed by atoms with van der Waals surface area (Å²) in [6.07, 6.45) is 6.80. The molecule has 3 rings (SSSR count). The van der Waals surface area contributed by atoms with Crippen molar-refractivity contribution in [3.8, 4) is 23.8 Å². The molecule has 10 heteroatoms. The number of thioether (sulfide) groups is 1. The first-order valence-corrected chi connectivity index (χ1v) is 11.5. The van der Waals surface area contributed by atoms with Gasteiger partial charge < -0.3 is 14.8 Å². The minimum absolute atomic E-state index is 0.00444. The van der Waals surface area contributed by atoms with Gasteiger partial charge >= 0.3 is 0 Å². The molecule has 0 aromatic heterocycles. The molecule has 1 fully saturated rings. The third-order valence-corrected chi connectivity index (χ3v) is 6.23. The van der Waals surface area contributed by atoms with E-state index in [1.165, 1.54) is 13.2 Å². The van der Waals surface area contributed by atoms with Crippen LogP contribution in [0, 0.1) is 12.3 Å². The van der Waals surface area contributed by atoms with Gasteiger partial charge in [-0.1, -0.05) is 34.0 Å². The van der Waals surface area contributed by atoms with Crippen LogP contribution in [-0.4, -0.2) is 42.2 Å². The van der Waals surface area contributed by atoms with E-state index in [0.29, 0.717) is 31.7 Å². The highest BCUT2D eigenvalue weighted by atomic mass is 79.9. The Morgan fingerprint density at radius 1 is 1.28 bits per heavy atom. The molecule has 1 aliphatic heterocycles. The van der Waals surface area contributed by atoms with Crippen LogP contribution in [0.4, 0.5) is 10.5 Å². The Morgan fingerprint density at radius 3 is 2.72 bits per heavy atom. The van der Waals surface area contributed by atoms with Crippen molar-refractivity contribution in [3.05, 3.63) is 55.8 Å². The third kappa shape index (κ3) is 5.54. The van der Waals surface area contributed by atoms with Gasteiger partial charge in [-0.05, 0) is 58.0 Å². The number of hydrogen-bond acceptors (Lipinski definition) is 6. The summed E-state index contributed by atoms with van der Waals surface area (Å²) in [5.41, 5.74) is 1.03. The van der Waals surface area contributed by atoms with Gasteiger partial charge in [0.05, 0.1) is 17.7 Å². The number of para-hydroxylation sites is 1. The van der Waals surface area contributed by atoms with Crippen LogP contribution in [0.2, 0.25) is 0 Å². The van der Waals surface area contributed by atoms with Crippen molar-refractivity contribution >= 4 is 72.4 Å². The summed E-state index contributed by atoms with van der Waals surface area (Å²) in [5, 5.41) is 2.13. The fourth-order valence-corrected chi connectivity index (χ4v) is 4.46. The number of terminal acetylenes is 1. The van der Waals surface area contributed by atoms with E-state index in [9.17, 15) is 14.4 Å². The number of halogens is 2. The third-order valence-electron chi connectivity index (χ3n) is 4.18. The molecule has 7 nitrogen and oxygen atoms in total. The van der Waals surface area contributed by atoms with Gasteiger partial charge in [0.25, 0.3) is 11.1 Å². The molecule has 0 atom stereocenters. The van der Waals surface area contributed by atoms with E-state index in [0.717, 1.165) is 16.7 Å². The van der Waals surface area contributed by atoms with Crippen molar-refractivity contribution in [1.82, 2.24) is 4.90 Å². The Morgan fingerprint density at radius 2 is 2.03 bits per heavy atom. The van der Waals surface area contributed by atoms with Crippen molar-refractivity contribution in [2.75, 3.05) is 25.6 Å². The standard InChI is InChI=1S/C22H16Br2N2O5S/c1-3-8-31-20-13(9-14(23)11-17(20)30-2)10-18-21(28)26(22(29)32-18)12-19(27)25-16-7-5-4-6-15(16)24/h1,4-7,9-11H,8,12H2,2H3,(H,25,27)/b18-10+. The maximum absolute atomic E-state index is 12.9. The lowest BCUT2D eigenvalue weighted by atomic mass is 10.1. The summed E-state index contributed by atoms with van der Waals surface area (Å²) in [5.74, 6) is 2.05. The van der Waals surface area contributed by atoms with Gasteiger partial charge in [0.1, 0.15) is 13.2 Å². The van der Waals surface area contributed by atoms with Crippen LogP contribution in [0.1, 0.15) is 5.56 Å². The van der Waals surface area contributed by atoms with Crippen LogP contribution in [0.5, 0.6) is 11.5 Å². The van der Waals surface area contributed by atoms with Crippen LogP contribution in [-0.2, 0) is 9.59 Å². The summed E-state index contributed by atoms with van der Waals surface area (Å²) in [7, 11) is 1.48. The van der Waals surface area contributed by atoms with E-state index in [1.807, 2.05) is 0 Å². The molecule has 2 aromatic carbocycles. The van der Waals surface area contributed by atoms with Crippen molar-refractivity contribution in [2.45, 2.75) is 0 Å². The van der Waals surface area contributed by atoms with Gasteiger partial charge in [0, 0.05) is 14.5 Å². The quantitative estimate of drug-likeness (QED) is 0.371. The zero-order valence-electron chi connectivity index (χ0n) is 16.7. The Balaban J connectivity index is 1.83. The molecule has 0 spiro atoms. The molecule has 0 aliphatic carbocycles. The van der Waals surface area contributed by atoms with Gasteiger partial charge in [-0.25, -0.2) is 0 Å². The van der Waals surface area contributed by atoms with Crippen LogP contribution >= 0.6 is 43.6 Å². The SMILES string of the molecule is C#CCOc1c(/C=C2/SC(=O)N(CC(=O)Nc3ccccc3Br)C2=O)cc(Br)cc1OC. The summed E-state index contributed by atoms with van der Waals surface area (Å²) in [4.78, 5) is 38.7. The van der Waals surface area contributed by atoms with E-state index in [4.69, 9.17) is 15.9 Å². The van der Waals surface area contributed by atoms with Gasteiger partial charge in [0.15, 0.2) is 11.5 Å². The number of anilines is 1. The Bertz CT molecular complexity index is 1160. The molecule has 3 amide bonds. The predicted molar refractivity (Wildman–Crippen MR) is 130 cm³/mol. The molecule has 0 radical (unpaired) electrons. The predicted octanol–water partition coefficient (Wildman–Crippen LogP) is 4.91. The molecule has 0 saturated carbocycles. The maximum Gasteiger partial charge on any atom is 0.294 e. The highest BCUT2D eigenvalue weighted by molar-refractivity contribution is 9.10. The summed E-state index contributed by atoms with van der Waals surface area (Å²) in [6.45, 7) is -0.416. The Labute approximate surface area is 205 Å². The second kappa shape index (κ2) is 10.7. The average molecular weight is 580 g/mol. The first kappa shape index (κ1) is 23.9. The van der Waals surface area contributed by atoms with E-state index >= 15 is 0 Å². The van der Waals surface area contributed by atoms with Crippen molar-refractivity contribution in [3.63, 3.8) is 0 Å². The van der Waals surface area contributed by atoms with Crippen LogP contribution < -0.4 is 14.8 Å². The zero-order valence-corrected chi connectivity index (χ0v) is 20.7. The molecule has 0 bridgehead atoms. The number of hydrogen-bond donors (Lipinski definition) is 1. The van der Waals surface area contributed by atoms with Gasteiger partial charge in [-0.2, -0.15) is 0 Å². The van der Waals surface area contributed by atoms with Crippen LogP contribution in [0.15, 0.2) is 50.2 Å². The lowest BCUT2D eigenvalue weighted by molar-refractivity contribution is -0.127. The molecule has 0 unspecified atom stereocenters. The van der Waals surface area contributed by atoms with Gasteiger partial charge in [-0.3, -0.25) is 19.3 Å². The maximum atomic E-state index is 12.9. The lowest BCUT2D eigenvalue weighted by Crippen LogP contribution is -2.36. The molecule has 2 aromatic rings. The number of imide groups is 1. The normalized spacial score (nSPS) is 14.4. The molecule has 1 N–H and O–H groups in total. The van der Waals surface area contributed by atoms with Crippen molar-refractivity contribution in [1.29, 1.82) is 0 Å². The Hall–Kier alpha value is -2.74. The fourth-order valence-electron chi connectivity index (χ4n) is 2.79. The average Bonchev–Trinajstić information content (AvgIpc) is 3.01. The smallest absolute Gasteiger partial charge is 0.294 e. The molecule has 32 heavy (non-hydrogen) atoms. The molecule has 1 heterocycles. The second-order valence-corrected chi connectivity index (χ2v) is 9.08. The molecular weight excluding hydrogens is 564 g/mol. The number of nitrogens with one attached hydrogen (secondary N) is 1. The van der Waals surface area contributed by atoms with Crippen molar-refractivity contribution < 1.29 is 23.9 Å².